The van der Waals surface area contributed by atoms with Gasteiger partial charge in [0.15, 0.2) is 0 Å². The summed E-state index contributed by atoms with van der Waals surface area (Å²) in [6, 6.07) is 0. The van der Waals surface area contributed by atoms with Gasteiger partial charge in [-0.3, -0.25) is 0 Å². The van der Waals surface area contributed by atoms with E-state index in [1.54, 1.807) is 0 Å². The second-order valence-corrected chi connectivity index (χ2v) is 10.8. The van der Waals surface area contributed by atoms with Crippen molar-refractivity contribution >= 4 is 41.3 Å². The van der Waals surface area contributed by atoms with E-state index in [0.717, 1.165) is 26.4 Å². The van der Waals surface area contributed by atoms with Crippen LogP contribution in [0.3, 0.4) is 0 Å². The maximum Gasteiger partial charge on any atom is 2.00 e. The quantitative estimate of drug-likeness (QED) is 0.0903. The second kappa shape index (κ2) is 30.5. The molecular formula is C24H48O10P2Ru. The Morgan fingerprint density at radius 3 is 0.622 bits per heavy atom. The molecule has 0 aromatic heterocycles. The fraction of sp³-hybridized carbons (Fsp3) is 0.833. The van der Waals surface area contributed by atoms with Crippen LogP contribution in [0.25, 0.3) is 0 Å². The van der Waals surface area contributed by atoms with Crippen LogP contribution in [-0.4, -0.2) is 60.8 Å². The van der Waals surface area contributed by atoms with Crippen molar-refractivity contribution in [2.75, 3.05) is 0 Å². The molecule has 0 aliphatic rings. The summed E-state index contributed by atoms with van der Waals surface area (Å²) in [5.41, 5.74) is 0. The fourth-order valence-corrected chi connectivity index (χ4v) is 3.55. The Labute approximate surface area is 240 Å². The van der Waals surface area contributed by atoms with Gasteiger partial charge in [0.2, 0.25) is 0 Å². The normalized spacial score (nSPS) is 10.5. The summed E-state index contributed by atoms with van der Waals surface area (Å²) < 4.78 is 33.0. The molecule has 0 rings (SSSR count). The summed E-state index contributed by atoms with van der Waals surface area (Å²) in [7, 11) is -2.36. The molecule has 37 heavy (non-hydrogen) atoms. The molecule has 0 saturated carbocycles. The first kappa shape index (κ1) is 46.8. The molecule has 222 valence electrons. The molecule has 0 atom stereocenters. The summed E-state index contributed by atoms with van der Waals surface area (Å²) in [5.74, 6) is -1.10. The predicted molar refractivity (Wildman–Crippen MR) is 144 cm³/mol. The van der Waals surface area contributed by atoms with Gasteiger partial charge in [-0.05, 0) is 96.9 Å². The van der Waals surface area contributed by atoms with Crippen LogP contribution in [0.1, 0.15) is 96.9 Å². The summed E-state index contributed by atoms with van der Waals surface area (Å²) in [4.78, 5) is 36.8. The van der Waals surface area contributed by atoms with Crippen molar-refractivity contribution in [3.8, 4) is 0 Å². The Hall–Kier alpha value is -0.0766. The van der Waals surface area contributed by atoms with E-state index in [9.17, 15) is 9.59 Å². The second-order valence-electron chi connectivity index (χ2n) is 8.69. The fourth-order valence-electron chi connectivity index (χ4n) is 1.18. The van der Waals surface area contributed by atoms with Crippen molar-refractivity contribution in [3.05, 3.63) is 0 Å². The van der Waals surface area contributed by atoms with Crippen molar-refractivity contribution in [3.63, 3.8) is 0 Å². The first-order chi connectivity index (χ1) is 16.4. The average Bonchev–Trinajstić information content (AvgIpc) is 2.66. The number of carbonyl (C=O) groups excluding carboxylic acids is 4. The first-order valence-corrected chi connectivity index (χ1v) is 13.9. The minimum absolute atomic E-state index is 0. The summed E-state index contributed by atoms with van der Waals surface area (Å²) in [5, 5.41) is 0. The molecule has 10 nitrogen and oxygen atoms in total. The van der Waals surface area contributed by atoms with E-state index in [0.29, 0.717) is 0 Å². The van der Waals surface area contributed by atoms with Gasteiger partial charge in [-0.2, -0.15) is 12.6 Å². The standard InChI is InChI=1S/2C9H21O3P.2C3H3O2.Ru/c2*1-7(2)10-13(11-8(3)4)12-9(5)6;2*1-3(5)2-4;/h2*7-9H,1-6H3;2*1H3;/q;;2*-1;+2. The van der Waals surface area contributed by atoms with E-state index in [1.807, 2.05) is 83.1 Å². The van der Waals surface area contributed by atoms with Crippen LogP contribution in [0, 0.1) is 0 Å². The summed E-state index contributed by atoms with van der Waals surface area (Å²) in [6.07, 6.45) is 3.13. The SMILES string of the molecule is CC(=O)[C-]=O.CC(=O)[C-]=O.CC(C)OP(OC(C)C)OC(C)C.CC(C)OP(OC(C)C)OC(C)C.[Ru+2]. The Kier molecular flexibility index (Phi) is 38.5. The summed E-state index contributed by atoms with van der Waals surface area (Å²) >= 11 is 0. The first-order valence-electron chi connectivity index (χ1n) is 11.8. The van der Waals surface area contributed by atoms with Crippen LogP contribution < -0.4 is 0 Å². The maximum absolute atomic E-state index is 9.39. The zero-order valence-corrected chi connectivity index (χ0v) is 28.3. The predicted octanol–water partition coefficient (Wildman–Crippen LogP) is 6.34. The minimum atomic E-state index is -1.18. The van der Waals surface area contributed by atoms with Crippen LogP contribution >= 0.6 is 17.2 Å². The molecule has 0 amide bonds. The third-order valence-electron chi connectivity index (χ3n) is 2.07. The number of rotatable bonds is 14. The average molecular weight is 660 g/mol. The third-order valence-corrected chi connectivity index (χ3v) is 5.63. The van der Waals surface area contributed by atoms with Crippen LogP contribution in [0.15, 0.2) is 0 Å². The largest absolute Gasteiger partial charge is 2.00 e. The summed E-state index contributed by atoms with van der Waals surface area (Å²) in [6.45, 7) is 26.0. The van der Waals surface area contributed by atoms with Gasteiger partial charge in [0.05, 0.1) is 36.6 Å². The van der Waals surface area contributed by atoms with Crippen LogP contribution in [0.2, 0.25) is 0 Å². The zero-order chi connectivity index (χ0) is 29.4. The van der Waals surface area contributed by atoms with Crippen LogP contribution in [0.4, 0.5) is 0 Å². The molecule has 0 heterocycles. The monoisotopic (exact) mass is 660 g/mol. The number of hydrogen-bond donors (Lipinski definition) is 0. The minimum Gasteiger partial charge on any atom is -0.534 e. The van der Waals surface area contributed by atoms with Crippen molar-refractivity contribution in [1.29, 1.82) is 0 Å². The molecule has 13 heteroatoms. The van der Waals surface area contributed by atoms with Gasteiger partial charge in [0.1, 0.15) is 0 Å². The van der Waals surface area contributed by atoms with Gasteiger partial charge in [-0.25, -0.2) is 0 Å². The van der Waals surface area contributed by atoms with Gasteiger partial charge in [-0.1, -0.05) is 0 Å². The molecule has 0 fully saturated rings. The molecule has 0 radical (unpaired) electrons. The van der Waals surface area contributed by atoms with E-state index in [1.165, 1.54) is 0 Å². The van der Waals surface area contributed by atoms with Crippen molar-refractivity contribution in [1.82, 2.24) is 0 Å². The molecule has 0 aromatic carbocycles. The molecule has 0 unspecified atom stereocenters. The molecule has 0 spiro atoms. The van der Waals surface area contributed by atoms with E-state index in [-0.39, 0.29) is 56.1 Å². The van der Waals surface area contributed by atoms with E-state index in [2.05, 4.69) is 0 Å². The topological polar surface area (TPSA) is 124 Å². The molecule has 0 saturated heterocycles. The van der Waals surface area contributed by atoms with Crippen LogP contribution in [-0.2, 0) is 65.8 Å². The molecular weight excluding hydrogens is 611 g/mol. The van der Waals surface area contributed by atoms with Crippen LogP contribution in [0.5, 0.6) is 0 Å². The zero-order valence-electron chi connectivity index (χ0n) is 24.8. The van der Waals surface area contributed by atoms with E-state index in [4.69, 9.17) is 36.7 Å². The smallest absolute Gasteiger partial charge is 0.534 e. The van der Waals surface area contributed by atoms with Crippen molar-refractivity contribution < 1.29 is 65.8 Å². The molecule has 0 bridgehead atoms. The molecule has 0 aliphatic heterocycles. The Bertz CT molecular complexity index is 464. The number of hydrogen-bond acceptors (Lipinski definition) is 10. The van der Waals surface area contributed by atoms with Crippen molar-refractivity contribution in [2.24, 2.45) is 0 Å². The van der Waals surface area contributed by atoms with Gasteiger partial charge in [0, 0.05) is 11.6 Å². The molecule has 0 aromatic rings. The molecule has 0 aliphatic carbocycles. The van der Waals surface area contributed by atoms with Gasteiger partial charge >= 0.3 is 36.7 Å². The third kappa shape index (κ3) is 53.0. The number of carbonyl (C=O) groups is 2. The Morgan fingerprint density at radius 1 is 0.459 bits per heavy atom. The van der Waals surface area contributed by atoms with Gasteiger partial charge in [0.25, 0.3) is 0 Å². The maximum atomic E-state index is 9.39. The Morgan fingerprint density at radius 2 is 0.568 bits per heavy atom. The van der Waals surface area contributed by atoms with Crippen molar-refractivity contribution in [2.45, 2.75) is 134 Å². The van der Waals surface area contributed by atoms with Gasteiger partial charge < -0.3 is 46.3 Å². The number of ketones is 2. The van der Waals surface area contributed by atoms with Gasteiger partial charge in [-0.15, -0.1) is 0 Å². The Balaban J connectivity index is -0.000000133. The number of Topliss-reactive ketones (excluding diaryl/α,β-unsaturated/α-hetero) is 2. The van der Waals surface area contributed by atoms with E-state index < -0.39 is 28.8 Å². The molecule has 0 N–H and O–H groups in total. The van der Waals surface area contributed by atoms with E-state index >= 15 is 0 Å².